The third-order valence-electron chi connectivity index (χ3n) is 5.21. The average Bonchev–Trinajstić information content (AvgIpc) is 3.30. The Bertz CT molecular complexity index is 1430. The van der Waals surface area contributed by atoms with Gasteiger partial charge in [-0.15, -0.1) is 16.8 Å². The number of anilines is 1. The van der Waals surface area contributed by atoms with E-state index in [2.05, 4.69) is 38.0 Å². The molecule has 0 atom stereocenters. The highest BCUT2D eigenvalue weighted by Gasteiger charge is 2.15. The van der Waals surface area contributed by atoms with Crippen LogP contribution < -0.4 is 5.32 Å². The summed E-state index contributed by atoms with van der Waals surface area (Å²) in [6.45, 7) is 4.34. The van der Waals surface area contributed by atoms with E-state index in [1.807, 2.05) is 41.0 Å². The third-order valence-corrected chi connectivity index (χ3v) is 6.96. The number of carbonyl (C=O) groups is 2. The van der Waals surface area contributed by atoms with E-state index in [4.69, 9.17) is 11.6 Å². The number of benzene rings is 3. The molecule has 1 amide bonds. The monoisotopic (exact) mass is 592 g/mol. The molecule has 0 bridgehead atoms. The fraction of sp³-hybridized carbons (Fsp3) is 0.0714. The Morgan fingerprint density at radius 1 is 1.00 bits per heavy atom. The largest absolute Gasteiger partial charge is 0.325 e. The van der Waals surface area contributed by atoms with Gasteiger partial charge >= 0.3 is 0 Å². The van der Waals surface area contributed by atoms with Crippen LogP contribution in [-0.2, 0) is 11.3 Å². The van der Waals surface area contributed by atoms with Gasteiger partial charge in [-0.2, -0.15) is 0 Å². The zero-order valence-corrected chi connectivity index (χ0v) is 22.8. The van der Waals surface area contributed by atoms with Gasteiger partial charge in [-0.3, -0.25) is 14.2 Å². The molecular weight excluding hydrogens is 572 g/mol. The standard InChI is InChI=1S/C28H22BrClN4O2S/c1-2-17-34-27(21-6-10-22(29)11-7-21)32-33-28(34)37-18-26(36)31-24-14-8-20(9-15-24)25(35)16-5-19-3-12-23(30)13-4-19/h2-16H,1,17-18H2,(H,31,36)/b16-5+. The van der Waals surface area contributed by atoms with Gasteiger partial charge in [0.15, 0.2) is 16.8 Å². The topological polar surface area (TPSA) is 76.9 Å². The predicted molar refractivity (Wildman–Crippen MR) is 154 cm³/mol. The minimum atomic E-state index is -0.190. The number of nitrogens with zero attached hydrogens (tertiary/aromatic N) is 3. The number of hydrogen-bond acceptors (Lipinski definition) is 5. The molecule has 1 N–H and O–H groups in total. The van der Waals surface area contributed by atoms with Gasteiger partial charge in [0, 0.05) is 32.9 Å². The zero-order chi connectivity index (χ0) is 26.2. The van der Waals surface area contributed by atoms with Crippen LogP contribution in [-0.4, -0.2) is 32.2 Å². The number of ketones is 1. The Balaban J connectivity index is 1.34. The molecule has 0 aliphatic carbocycles. The van der Waals surface area contributed by atoms with Crippen LogP contribution in [0.15, 0.2) is 101 Å². The minimum Gasteiger partial charge on any atom is -0.325 e. The molecule has 1 aromatic heterocycles. The average molecular weight is 594 g/mol. The number of nitrogens with one attached hydrogen (secondary N) is 1. The van der Waals surface area contributed by atoms with E-state index in [1.165, 1.54) is 17.8 Å². The lowest BCUT2D eigenvalue weighted by atomic mass is 10.1. The van der Waals surface area contributed by atoms with Gasteiger partial charge in [-0.1, -0.05) is 75.7 Å². The van der Waals surface area contributed by atoms with Gasteiger partial charge < -0.3 is 5.32 Å². The van der Waals surface area contributed by atoms with E-state index >= 15 is 0 Å². The van der Waals surface area contributed by atoms with Crippen molar-refractivity contribution in [3.05, 3.63) is 112 Å². The van der Waals surface area contributed by atoms with Crippen LogP contribution in [0.5, 0.6) is 0 Å². The van der Waals surface area contributed by atoms with Crippen LogP contribution in [0.3, 0.4) is 0 Å². The summed E-state index contributed by atoms with van der Waals surface area (Å²) >= 11 is 10.6. The van der Waals surface area contributed by atoms with Gasteiger partial charge in [0.25, 0.3) is 0 Å². The van der Waals surface area contributed by atoms with Crippen molar-refractivity contribution in [2.24, 2.45) is 0 Å². The quantitative estimate of drug-likeness (QED) is 0.0913. The summed E-state index contributed by atoms with van der Waals surface area (Å²) in [7, 11) is 0. The highest BCUT2D eigenvalue weighted by Crippen LogP contribution is 2.25. The van der Waals surface area contributed by atoms with Crippen molar-refractivity contribution < 1.29 is 9.59 Å². The van der Waals surface area contributed by atoms with E-state index in [0.29, 0.717) is 33.8 Å². The van der Waals surface area contributed by atoms with Crippen LogP contribution in [0.4, 0.5) is 5.69 Å². The maximum atomic E-state index is 12.6. The van der Waals surface area contributed by atoms with Crippen LogP contribution >= 0.6 is 39.3 Å². The fourth-order valence-corrected chi connectivity index (χ4v) is 4.53. The summed E-state index contributed by atoms with van der Waals surface area (Å²) in [5.41, 5.74) is 2.93. The van der Waals surface area contributed by atoms with Gasteiger partial charge in [0.05, 0.1) is 5.75 Å². The van der Waals surface area contributed by atoms with Crippen LogP contribution in [0, 0.1) is 0 Å². The molecule has 0 fully saturated rings. The first-order valence-electron chi connectivity index (χ1n) is 11.2. The highest BCUT2D eigenvalue weighted by atomic mass is 79.9. The second kappa shape index (κ2) is 12.7. The Morgan fingerprint density at radius 3 is 2.38 bits per heavy atom. The highest BCUT2D eigenvalue weighted by molar-refractivity contribution is 9.10. The molecule has 0 saturated heterocycles. The van der Waals surface area contributed by atoms with Crippen molar-refractivity contribution in [1.29, 1.82) is 0 Å². The number of hydrogen-bond donors (Lipinski definition) is 1. The maximum absolute atomic E-state index is 12.6. The molecule has 37 heavy (non-hydrogen) atoms. The maximum Gasteiger partial charge on any atom is 0.234 e. The molecule has 9 heteroatoms. The first-order valence-corrected chi connectivity index (χ1v) is 13.4. The number of aromatic nitrogens is 3. The molecule has 3 aromatic carbocycles. The van der Waals surface area contributed by atoms with Crippen LogP contribution in [0.2, 0.25) is 5.02 Å². The fourth-order valence-electron chi connectivity index (χ4n) is 3.39. The first-order chi connectivity index (χ1) is 17.9. The van der Waals surface area contributed by atoms with Crippen molar-refractivity contribution >= 4 is 62.7 Å². The predicted octanol–water partition coefficient (Wildman–Crippen LogP) is 7.17. The number of allylic oxidation sites excluding steroid dienone is 2. The molecular formula is C28H22BrClN4O2S. The Labute approximate surface area is 232 Å². The number of amides is 1. The Kier molecular flexibility index (Phi) is 9.11. The van der Waals surface area contributed by atoms with Crippen LogP contribution in [0.1, 0.15) is 15.9 Å². The van der Waals surface area contributed by atoms with E-state index in [9.17, 15) is 9.59 Å². The number of halogens is 2. The summed E-state index contributed by atoms with van der Waals surface area (Å²) in [5.74, 6) is 0.539. The lowest BCUT2D eigenvalue weighted by Crippen LogP contribution is -2.14. The summed E-state index contributed by atoms with van der Waals surface area (Å²) in [6, 6.07) is 21.8. The lowest BCUT2D eigenvalue weighted by molar-refractivity contribution is -0.113. The molecule has 0 aliphatic heterocycles. The molecule has 6 nitrogen and oxygen atoms in total. The van der Waals surface area contributed by atoms with E-state index in [0.717, 1.165) is 15.6 Å². The number of thioether (sulfide) groups is 1. The second-order valence-corrected chi connectivity index (χ2v) is 10.2. The zero-order valence-electron chi connectivity index (χ0n) is 19.6. The molecule has 4 rings (SSSR count). The van der Waals surface area contributed by atoms with Crippen molar-refractivity contribution in [3.8, 4) is 11.4 Å². The third kappa shape index (κ3) is 7.29. The SMILES string of the molecule is C=CCn1c(SCC(=O)Nc2ccc(C(=O)/C=C/c3ccc(Cl)cc3)cc2)nnc1-c1ccc(Br)cc1. The van der Waals surface area contributed by atoms with Gasteiger partial charge in [0.2, 0.25) is 5.91 Å². The summed E-state index contributed by atoms with van der Waals surface area (Å²) in [5, 5.41) is 12.7. The molecule has 186 valence electrons. The molecule has 1 heterocycles. The lowest BCUT2D eigenvalue weighted by Gasteiger charge is -2.08. The summed E-state index contributed by atoms with van der Waals surface area (Å²) in [6.07, 6.45) is 5.01. The summed E-state index contributed by atoms with van der Waals surface area (Å²) < 4.78 is 2.90. The Hall–Kier alpha value is -3.46. The first kappa shape index (κ1) is 26.6. The van der Waals surface area contributed by atoms with Crippen molar-refractivity contribution in [1.82, 2.24) is 14.8 Å². The Morgan fingerprint density at radius 2 is 1.70 bits per heavy atom. The molecule has 0 aliphatic rings. The smallest absolute Gasteiger partial charge is 0.234 e. The van der Waals surface area contributed by atoms with Crippen LogP contribution in [0.25, 0.3) is 17.5 Å². The van der Waals surface area contributed by atoms with Crippen molar-refractivity contribution in [2.75, 3.05) is 11.1 Å². The van der Waals surface area contributed by atoms with Gasteiger partial charge in [-0.05, 0) is 60.2 Å². The van der Waals surface area contributed by atoms with Gasteiger partial charge in [-0.25, -0.2) is 0 Å². The number of carbonyl (C=O) groups excluding carboxylic acids is 2. The number of rotatable bonds is 10. The normalized spacial score (nSPS) is 11.0. The molecule has 0 saturated carbocycles. The van der Waals surface area contributed by atoms with E-state index in [-0.39, 0.29) is 17.4 Å². The summed E-state index contributed by atoms with van der Waals surface area (Å²) in [4.78, 5) is 25.0. The van der Waals surface area contributed by atoms with Crippen molar-refractivity contribution in [2.45, 2.75) is 11.7 Å². The second-order valence-electron chi connectivity index (χ2n) is 7.88. The van der Waals surface area contributed by atoms with Crippen molar-refractivity contribution in [3.63, 3.8) is 0 Å². The molecule has 0 radical (unpaired) electrons. The van der Waals surface area contributed by atoms with Gasteiger partial charge in [0.1, 0.15) is 0 Å². The minimum absolute atomic E-state index is 0.133. The molecule has 4 aromatic rings. The molecule has 0 spiro atoms. The van der Waals surface area contributed by atoms with E-state index < -0.39 is 0 Å². The molecule has 0 unspecified atom stereocenters. The van der Waals surface area contributed by atoms with E-state index in [1.54, 1.807) is 48.6 Å².